The number of ether oxygens (including phenoxy) is 2. The summed E-state index contributed by atoms with van der Waals surface area (Å²) in [7, 11) is 0. The third-order valence-corrected chi connectivity index (χ3v) is 3.30. The number of unbranched alkanes of at least 4 members (excludes halogenated alkanes) is 3. The Bertz CT molecular complexity index is 574. The van der Waals surface area contributed by atoms with Gasteiger partial charge >= 0.3 is 11.9 Å². The lowest BCUT2D eigenvalue weighted by Crippen LogP contribution is -2.07. The molecule has 0 aliphatic heterocycles. The van der Waals surface area contributed by atoms with Crippen LogP contribution >= 0.6 is 0 Å². The maximum absolute atomic E-state index is 11.7. The number of carbonyl (C=O) groups excluding carboxylic acids is 2. The Morgan fingerprint density at radius 2 is 1.21 bits per heavy atom. The van der Waals surface area contributed by atoms with Crippen LogP contribution in [0.1, 0.15) is 46.4 Å². The zero-order valence-corrected chi connectivity index (χ0v) is 13.4. The summed E-state index contributed by atoms with van der Waals surface area (Å²) in [6.45, 7) is 0.756. The van der Waals surface area contributed by atoms with Crippen molar-refractivity contribution in [2.75, 3.05) is 13.2 Å². The monoisotopic (exact) mass is 328 g/mol. The van der Waals surface area contributed by atoms with Gasteiger partial charge in [-0.25, -0.2) is 9.59 Å². The molecule has 0 atom stereocenters. The molecule has 0 saturated carbocycles. The third-order valence-electron chi connectivity index (χ3n) is 3.30. The predicted molar refractivity (Wildman–Crippen MR) is 87.5 cm³/mol. The smallest absolute Gasteiger partial charge is 0.339 e. The van der Waals surface area contributed by atoms with E-state index in [-0.39, 0.29) is 11.9 Å². The second-order valence-electron chi connectivity index (χ2n) is 5.17. The quantitative estimate of drug-likeness (QED) is 0.520. The minimum absolute atomic E-state index is 0.353. The Hall–Kier alpha value is -2.76. The number of nitrogens with zero attached hydrogens (tertiary/aromatic N) is 2. The Kier molecular flexibility index (Phi) is 7.40. The number of hydrogen-bond donors (Lipinski definition) is 0. The van der Waals surface area contributed by atoms with Crippen LogP contribution in [-0.4, -0.2) is 35.1 Å². The molecule has 2 aromatic heterocycles. The van der Waals surface area contributed by atoms with E-state index in [1.807, 2.05) is 0 Å². The summed E-state index contributed by atoms with van der Waals surface area (Å²) >= 11 is 0. The topological polar surface area (TPSA) is 78.4 Å². The standard InChI is InChI=1S/C18H20N2O4/c21-17(15-7-5-9-19-13-15)23-11-3-1-2-4-12-24-18(22)16-8-6-10-20-14-16/h5-10,13-14H,1-4,11-12H2. The molecular weight excluding hydrogens is 308 g/mol. The van der Waals surface area contributed by atoms with Crippen LogP contribution in [0.2, 0.25) is 0 Å². The summed E-state index contributed by atoms with van der Waals surface area (Å²) in [5, 5.41) is 0. The highest BCUT2D eigenvalue weighted by atomic mass is 16.5. The molecule has 2 rings (SSSR count). The molecule has 126 valence electrons. The van der Waals surface area contributed by atoms with Gasteiger partial charge in [0.1, 0.15) is 0 Å². The molecule has 2 aromatic rings. The van der Waals surface area contributed by atoms with Crippen molar-refractivity contribution in [3.05, 3.63) is 60.2 Å². The van der Waals surface area contributed by atoms with E-state index in [9.17, 15) is 9.59 Å². The second kappa shape index (κ2) is 10.1. The molecule has 0 fully saturated rings. The van der Waals surface area contributed by atoms with Gasteiger partial charge in [0.05, 0.1) is 24.3 Å². The van der Waals surface area contributed by atoms with Crippen LogP contribution in [0.5, 0.6) is 0 Å². The Morgan fingerprint density at radius 3 is 1.58 bits per heavy atom. The van der Waals surface area contributed by atoms with Crippen LogP contribution in [0.4, 0.5) is 0 Å². The van der Waals surface area contributed by atoms with Crippen LogP contribution < -0.4 is 0 Å². The molecule has 24 heavy (non-hydrogen) atoms. The molecular formula is C18H20N2O4. The van der Waals surface area contributed by atoms with E-state index in [0.29, 0.717) is 24.3 Å². The molecule has 6 nitrogen and oxygen atoms in total. The van der Waals surface area contributed by atoms with E-state index in [4.69, 9.17) is 9.47 Å². The molecule has 0 bridgehead atoms. The largest absolute Gasteiger partial charge is 0.462 e. The molecule has 2 heterocycles. The van der Waals surface area contributed by atoms with Crippen molar-refractivity contribution < 1.29 is 19.1 Å². The summed E-state index contributed by atoms with van der Waals surface area (Å²) in [4.78, 5) is 31.1. The van der Waals surface area contributed by atoms with Crippen molar-refractivity contribution in [3.63, 3.8) is 0 Å². The Balaban J connectivity index is 1.48. The Labute approximate surface area is 140 Å². The van der Waals surface area contributed by atoms with Crippen molar-refractivity contribution in [1.29, 1.82) is 0 Å². The molecule has 0 aliphatic rings. The minimum atomic E-state index is -0.353. The highest BCUT2D eigenvalue weighted by Gasteiger charge is 2.07. The molecule has 0 spiro atoms. The lowest BCUT2D eigenvalue weighted by atomic mass is 10.2. The van der Waals surface area contributed by atoms with Crippen LogP contribution in [0.3, 0.4) is 0 Å². The normalized spacial score (nSPS) is 10.2. The molecule has 0 aliphatic carbocycles. The maximum Gasteiger partial charge on any atom is 0.339 e. The average Bonchev–Trinajstić information content (AvgIpc) is 2.65. The predicted octanol–water partition coefficient (Wildman–Crippen LogP) is 3.05. The van der Waals surface area contributed by atoms with Gasteiger partial charge in [0.15, 0.2) is 0 Å². The van der Waals surface area contributed by atoms with Crippen LogP contribution in [0.15, 0.2) is 49.1 Å². The summed E-state index contributed by atoms with van der Waals surface area (Å²) in [5.41, 5.74) is 0.916. The van der Waals surface area contributed by atoms with Gasteiger partial charge < -0.3 is 9.47 Å². The molecule has 0 N–H and O–H groups in total. The number of aromatic nitrogens is 2. The highest BCUT2D eigenvalue weighted by Crippen LogP contribution is 2.05. The van der Waals surface area contributed by atoms with Gasteiger partial charge in [-0.15, -0.1) is 0 Å². The van der Waals surface area contributed by atoms with Crippen molar-refractivity contribution in [2.45, 2.75) is 25.7 Å². The van der Waals surface area contributed by atoms with E-state index in [2.05, 4.69) is 9.97 Å². The lowest BCUT2D eigenvalue weighted by Gasteiger charge is -2.06. The van der Waals surface area contributed by atoms with Gasteiger partial charge in [-0.2, -0.15) is 0 Å². The first-order valence-electron chi connectivity index (χ1n) is 7.91. The number of esters is 2. The van der Waals surface area contributed by atoms with Gasteiger partial charge in [-0.05, 0) is 49.9 Å². The van der Waals surface area contributed by atoms with E-state index >= 15 is 0 Å². The number of hydrogen-bond acceptors (Lipinski definition) is 6. The first-order chi connectivity index (χ1) is 11.8. The van der Waals surface area contributed by atoms with Crippen molar-refractivity contribution in [2.24, 2.45) is 0 Å². The highest BCUT2D eigenvalue weighted by molar-refractivity contribution is 5.89. The first kappa shape index (κ1) is 17.6. The number of pyridine rings is 2. The fourth-order valence-electron chi connectivity index (χ4n) is 2.02. The number of rotatable bonds is 9. The van der Waals surface area contributed by atoms with Crippen molar-refractivity contribution >= 4 is 11.9 Å². The first-order valence-corrected chi connectivity index (χ1v) is 7.91. The molecule has 0 saturated heterocycles. The molecule has 0 amide bonds. The fraction of sp³-hybridized carbons (Fsp3) is 0.333. The van der Waals surface area contributed by atoms with Gasteiger partial charge in [0, 0.05) is 24.8 Å². The SMILES string of the molecule is O=C(OCCCCCCOC(=O)c1cccnc1)c1cccnc1. The Morgan fingerprint density at radius 1 is 0.750 bits per heavy atom. The fourth-order valence-corrected chi connectivity index (χ4v) is 2.02. The average molecular weight is 328 g/mol. The third kappa shape index (κ3) is 6.16. The van der Waals surface area contributed by atoms with E-state index in [0.717, 1.165) is 25.7 Å². The van der Waals surface area contributed by atoms with E-state index in [1.54, 1.807) is 36.7 Å². The molecule has 6 heteroatoms. The van der Waals surface area contributed by atoms with E-state index < -0.39 is 0 Å². The number of carbonyl (C=O) groups is 2. The maximum atomic E-state index is 11.7. The van der Waals surface area contributed by atoms with Crippen LogP contribution in [0, 0.1) is 0 Å². The molecule has 0 aromatic carbocycles. The summed E-state index contributed by atoms with van der Waals surface area (Å²) < 4.78 is 10.3. The van der Waals surface area contributed by atoms with Crippen LogP contribution in [-0.2, 0) is 9.47 Å². The van der Waals surface area contributed by atoms with Crippen molar-refractivity contribution in [1.82, 2.24) is 9.97 Å². The van der Waals surface area contributed by atoms with E-state index in [1.165, 1.54) is 12.4 Å². The minimum Gasteiger partial charge on any atom is -0.462 e. The zero-order valence-electron chi connectivity index (χ0n) is 13.4. The van der Waals surface area contributed by atoms with Gasteiger partial charge in [-0.1, -0.05) is 0 Å². The van der Waals surface area contributed by atoms with Gasteiger partial charge in [0.2, 0.25) is 0 Å². The van der Waals surface area contributed by atoms with Gasteiger partial charge in [-0.3, -0.25) is 9.97 Å². The van der Waals surface area contributed by atoms with Crippen molar-refractivity contribution in [3.8, 4) is 0 Å². The summed E-state index contributed by atoms with van der Waals surface area (Å²) in [6.07, 6.45) is 9.56. The molecule has 0 unspecified atom stereocenters. The lowest BCUT2D eigenvalue weighted by molar-refractivity contribution is 0.0473. The van der Waals surface area contributed by atoms with Gasteiger partial charge in [0.25, 0.3) is 0 Å². The van der Waals surface area contributed by atoms with Crippen LogP contribution in [0.25, 0.3) is 0 Å². The summed E-state index contributed by atoms with van der Waals surface area (Å²) in [5.74, 6) is -0.706. The molecule has 0 radical (unpaired) electrons. The zero-order chi connectivity index (χ0) is 17.0. The second-order valence-corrected chi connectivity index (χ2v) is 5.17. The summed E-state index contributed by atoms with van der Waals surface area (Å²) in [6, 6.07) is 6.74.